The van der Waals surface area contributed by atoms with Gasteiger partial charge in [-0.2, -0.15) is 0 Å². The lowest BCUT2D eigenvalue weighted by atomic mass is 10.2. The Balaban J connectivity index is 2.03. The van der Waals surface area contributed by atoms with Crippen LogP contribution in [0.3, 0.4) is 0 Å². The van der Waals surface area contributed by atoms with E-state index < -0.39 is 11.7 Å². The van der Waals surface area contributed by atoms with Crippen LogP contribution in [0.25, 0.3) is 0 Å². The summed E-state index contributed by atoms with van der Waals surface area (Å²) in [7, 11) is 0. The highest BCUT2D eigenvalue weighted by molar-refractivity contribution is 5.85. The van der Waals surface area contributed by atoms with E-state index in [2.05, 4.69) is 10.6 Å². The maximum absolute atomic E-state index is 11.8. The number of amides is 1. The van der Waals surface area contributed by atoms with Gasteiger partial charge in [0.1, 0.15) is 11.4 Å². The molecule has 0 aliphatic carbocycles. The van der Waals surface area contributed by atoms with E-state index in [9.17, 15) is 4.79 Å². The van der Waals surface area contributed by atoms with Gasteiger partial charge in [0.2, 0.25) is 0 Å². The Kier molecular flexibility index (Phi) is 5.91. The molecule has 0 saturated carbocycles. The fraction of sp³-hybridized carbons (Fsp3) is 0.350. The molecule has 2 aromatic rings. The number of para-hydroxylation sites is 2. The van der Waals surface area contributed by atoms with E-state index in [4.69, 9.17) is 9.47 Å². The fourth-order valence-corrected chi connectivity index (χ4v) is 2.14. The first kappa shape index (κ1) is 18.6. The van der Waals surface area contributed by atoms with Crippen LogP contribution in [0.4, 0.5) is 21.9 Å². The second-order valence-corrected chi connectivity index (χ2v) is 6.99. The summed E-state index contributed by atoms with van der Waals surface area (Å²) in [5.41, 5.74) is 1.94. The minimum absolute atomic E-state index is 0.100. The van der Waals surface area contributed by atoms with Gasteiger partial charge in [-0.25, -0.2) is 4.79 Å². The third-order valence-electron chi connectivity index (χ3n) is 3.06. The smallest absolute Gasteiger partial charge is 0.412 e. The molecule has 0 atom stereocenters. The number of hydrogen-bond acceptors (Lipinski definition) is 4. The molecule has 25 heavy (non-hydrogen) atoms. The molecule has 134 valence electrons. The standard InChI is InChI=1S/C20H26N2O3/c1-14(2)24-18-9-7-6-8-17(18)21-15-10-12-16(13-11-15)22-19(23)25-20(3,4)5/h6-14,21H,1-5H3,(H,22,23). The van der Waals surface area contributed by atoms with Crippen molar-refractivity contribution in [1.29, 1.82) is 0 Å². The Bertz CT molecular complexity index is 704. The van der Waals surface area contributed by atoms with E-state index in [-0.39, 0.29) is 6.10 Å². The zero-order chi connectivity index (χ0) is 18.4. The Morgan fingerprint density at radius 2 is 1.56 bits per heavy atom. The molecule has 0 aromatic heterocycles. The van der Waals surface area contributed by atoms with Crippen LogP contribution in [0.1, 0.15) is 34.6 Å². The van der Waals surface area contributed by atoms with E-state index in [1.165, 1.54) is 0 Å². The minimum Gasteiger partial charge on any atom is -0.489 e. The lowest BCUT2D eigenvalue weighted by molar-refractivity contribution is 0.0636. The van der Waals surface area contributed by atoms with Gasteiger partial charge in [0, 0.05) is 11.4 Å². The summed E-state index contributed by atoms with van der Waals surface area (Å²) in [5, 5.41) is 6.04. The molecule has 2 rings (SSSR count). The van der Waals surface area contributed by atoms with Gasteiger partial charge in [0.25, 0.3) is 0 Å². The molecule has 0 saturated heterocycles. The molecule has 5 heteroatoms. The third kappa shape index (κ3) is 6.37. The number of rotatable bonds is 5. The van der Waals surface area contributed by atoms with Gasteiger partial charge in [-0.3, -0.25) is 5.32 Å². The third-order valence-corrected chi connectivity index (χ3v) is 3.06. The number of ether oxygens (including phenoxy) is 2. The molecule has 0 radical (unpaired) electrons. The average molecular weight is 342 g/mol. The van der Waals surface area contributed by atoms with E-state index >= 15 is 0 Å². The van der Waals surface area contributed by atoms with Crippen LogP contribution < -0.4 is 15.4 Å². The molecule has 0 aliphatic heterocycles. The van der Waals surface area contributed by atoms with E-state index in [1.807, 2.05) is 83.1 Å². The van der Waals surface area contributed by atoms with Crippen LogP contribution in [0.15, 0.2) is 48.5 Å². The molecule has 2 aromatic carbocycles. The average Bonchev–Trinajstić information content (AvgIpc) is 2.49. The molecule has 0 unspecified atom stereocenters. The van der Waals surface area contributed by atoms with Crippen LogP contribution in [0, 0.1) is 0 Å². The number of benzene rings is 2. The first-order chi connectivity index (χ1) is 11.7. The van der Waals surface area contributed by atoms with Crippen LogP contribution in [-0.2, 0) is 4.74 Å². The van der Waals surface area contributed by atoms with E-state index in [0.717, 1.165) is 17.1 Å². The topological polar surface area (TPSA) is 59.6 Å². The highest BCUT2D eigenvalue weighted by Crippen LogP contribution is 2.28. The van der Waals surface area contributed by atoms with Crippen molar-refractivity contribution in [2.75, 3.05) is 10.6 Å². The predicted molar refractivity (Wildman–Crippen MR) is 102 cm³/mol. The molecule has 2 N–H and O–H groups in total. The highest BCUT2D eigenvalue weighted by atomic mass is 16.6. The van der Waals surface area contributed by atoms with Crippen molar-refractivity contribution >= 4 is 23.2 Å². The second-order valence-electron chi connectivity index (χ2n) is 6.99. The Hall–Kier alpha value is -2.69. The molecule has 1 amide bonds. The molecule has 0 bridgehead atoms. The lowest BCUT2D eigenvalue weighted by Gasteiger charge is -2.19. The summed E-state index contributed by atoms with van der Waals surface area (Å²) >= 11 is 0. The first-order valence-corrected chi connectivity index (χ1v) is 8.36. The Labute approximate surface area is 149 Å². The minimum atomic E-state index is -0.522. The van der Waals surface area contributed by atoms with Gasteiger partial charge < -0.3 is 14.8 Å². The monoisotopic (exact) mass is 342 g/mol. The van der Waals surface area contributed by atoms with Crippen LogP contribution in [-0.4, -0.2) is 17.8 Å². The van der Waals surface area contributed by atoms with Gasteiger partial charge in [0.15, 0.2) is 0 Å². The largest absolute Gasteiger partial charge is 0.489 e. The van der Waals surface area contributed by atoms with E-state index in [1.54, 1.807) is 0 Å². The van der Waals surface area contributed by atoms with Gasteiger partial charge in [-0.15, -0.1) is 0 Å². The van der Waals surface area contributed by atoms with Gasteiger partial charge >= 0.3 is 6.09 Å². The summed E-state index contributed by atoms with van der Waals surface area (Å²) in [6, 6.07) is 15.2. The van der Waals surface area contributed by atoms with Gasteiger partial charge in [-0.1, -0.05) is 12.1 Å². The van der Waals surface area contributed by atoms with Crippen molar-refractivity contribution in [3.8, 4) is 5.75 Å². The quantitative estimate of drug-likeness (QED) is 0.746. The maximum Gasteiger partial charge on any atom is 0.412 e. The normalized spacial score (nSPS) is 11.1. The van der Waals surface area contributed by atoms with Crippen molar-refractivity contribution in [3.63, 3.8) is 0 Å². The zero-order valence-corrected chi connectivity index (χ0v) is 15.4. The maximum atomic E-state index is 11.8. The van der Waals surface area contributed by atoms with Crippen molar-refractivity contribution in [1.82, 2.24) is 0 Å². The van der Waals surface area contributed by atoms with Crippen molar-refractivity contribution in [2.24, 2.45) is 0 Å². The van der Waals surface area contributed by atoms with Crippen LogP contribution in [0.5, 0.6) is 5.75 Å². The highest BCUT2D eigenvalue weighted by Gasteiger charge is 2.16. The molecular weight excluding hydrogens is 316 g/mol. The summed E-state index contributed by atoms with van der Waals surface area (Å²) in [6.45, 7) is 9.48. The summed E-state index contributed by atoms with van der Waals surface area (Å²) < 4.78 is 11.0. The first-order valence-electron chi connectivity index (χ1n) is 8.36. The number of carbonyl (C=O) groups is 1. The number of anilines is 3. The van der Waals surface area contributed by atoms with Gasteiger partial charge in [-0.05, 0) is 71.0 Å². The summed E-state index contributed by atoms with van der Waals surface area (Å²) in [4.78, 5) is 11.8. The van der Waals surface area contributed by atoms with Crippen LogP contribution >= 0.6 is 0 Å². The number of carbonyl (C=O) groups excluding carboxylic acids is 1. The van der Waals surface area contributed by atoms with E-state index in [0.29, 0.717) is 5.69 Å². The SMILES string of the molecule is CC(C)Oc1ccccc1Nc1ccc(NC(=O)OC(C)(C)C)cc1. The molecular formula is C20H26N2O3. The fourth-order valence-electron chi connectivity index (χ4n) is 2.14. The molecule has 0 aliphatic rings. The summed E-state index contributed by atoms with van der Waals surface area (Å²) in [5.74, 6) is 0.799. The Morgan fingerprint density at radius 3 is 2.16 bits per heavy atom. The molecule has 5 nitrogen and oxygen atoms in total. The lowest BCUT2D eigenvalue weighted by Crippen LogP contribution is -2.27. The predicted octanol–water partition coefficient (Wildman–Crippen LogP) is 5.56. The zero-order valence-electron chi connectivity index (χ0n) is 15.4. The second kappa shape index (κ2) is 7.92. The Morgan fingerprint density at radius 1 is 0.960 bits per heavy atom. The van der Waals surface area contributed by atoms with Crippen molar-refractivity contribution in [3.05, 3.63) is 48.5 Å². The number of hydrogen-bond donors (Lipinski definition) is 2. The molecule has 0 heterocycles. The summed E-state index contributed by atoms with van der Waals surface area (Å²) in [6.07, 6.45) is -0.368. The van der Waals surface area contributed by atoms with Crippen molar-refractivity contribution < 1.29 is 14.3 Å². The van der Waals surface area contributed by atoms with Gasteiger partial charge in [0.05, 0.1) is 11.8 Å². The van der Waals surface area contributed by atoms with Crippen LogP contribution in [0.2, 0.25) is 0 Å². The number of nitrogens with one attached hydrogen (secondary N) is 2. The van der Waals surface area contributed by atoms with Crippen molar-refractivity contribution in [2.45, 2.75) is 46.3 Å². The molecule has 0 spiro atoms. The molecule has 0 fully saturated rings.